The lowest BCUT2D eigenvalue weighted by Gasteiger charge is -2.35. The van der Waals surface area contributed by atoms with Crippen LogP contribution in [0.15, 0.2) is 42.5 Å². The van der Waals surface area contributed by atoms with Crippen molar-refractivity contribution in [1.82, 2.24) is 15.1 Å². The van der Waals surface area contributed by atoms with E-state index in [9.17, 15) is 22.9 Å². The molecule has 2 amide bonds. The third kappa shape index (κ3) is 9.52. The van der Waals surface area contributed by atoms with Crippen LogP contribution < -0.4 is 15.4 Å². The number of rotatable bonds is 10. The molecule has 0 spiro atoms. The lowest BCUT2D eigenvalue weighted by atomic mass is 9.84. The maximum Gasteiger partial charge on any atom is 0.248 e. The SMILES string of the molecule is CP(C)(=O)c1ccc(COc2ccc(Cl)cc2CN2CCN(C(=O)CNC(=O)CC3CCC(F)(F)CC3)CC2)cc1. The summed E-state index contributed by atoms with van der Waals surface area (Å²) in [4.78, 5) is 28.9. The van der Waals surface area contributed by atoms with Crippen LogP contribution in [-0.2, 0) is 27.3 Å². The molecule has 11 heteroatoms. The Bertz CT molecular complexity index is 1250. The number of carbonyl (C=O) groups excluding carboxylic acids is 2. The fourth-order valence-electron chi connectivity index (χ4n) is 5.25. The lowest BCUT2D eigenvalue weighted by molar-refractivity contribution is -0.134. The van der Waals surface area contributed by atoms with E-state index in [2.05, 4.69) is 10.2 Å². The van der Waals surface area contributed by atoms with Crippen molar-refractivity contribution in [3.8, 4) is 5.75 Å². The van der Waals surface area contributed by atoms with Crippen LogP contribution in [0.3, 0.4) is 0 Å². The molecule has 0 radical (unpaired) electrons. The molecule has 2 aliphatic rings. The van der Waals surface area contributed by atoms with Gasteiger partial charge in [0.2, 0.25) is 17.7 Å². The molecule has 1 N–H and O–H groups in total. The molecule has 2 aromatic rings. The van der Waals surface area contributed by atoms with Crippen molar-refractivity contribution >= 4 is 35.9 Å². The first kappa shape index (κ1) is 31.5. The summed E-state index contributed by atoms with van der Waals surface area (Å²) < 4.78 is 45.1. The van der Waals surface area contributed by atoms with E-state index in [0.717, 1.165) is 22.2 Å². The fourth-order valence-corrected chi connectivity index (χ4v) is 6.31. The summed E-state index contributed by atoms with van der Waals surface area (Å²) in [5.41, 5.74) is 1.93. The van der Waals surface area contributed by atoms with Gasteiger partial charge in [-0.15, -0.1) is 0 Å². The Morgan fingerprint density at radius 1 is 1.05 bits per heavy atom. The summed E-state index contributed by atoms with van der Waals surface area (Å²) in [6, 6.07) is 13.2. The van der Waals surface area contributed by atoms with Crippen LogP contribution in [0.4, 0.5) is 8.78 Å². The van der Waals surface area contributed by atoms with Crippen LogP contribution in [0.5, 0.6) is 5.75 Å². The number of hydrogen-bond donors (Lipinski definition) is 1. The van der Waals surface area contributed by atoms with Crippen LogP contribution in [0.1, 0.15) is 43.2 Å². The first-order valence-corrected chi connectivity index (χ1v) is 17.1. The van der Waals surface area contributed by atoms with Gasteiger partial charge in [-0.3, -0.25) is 14.5 Å². The number of piperazine rings is 1. The molecule has 1 saturated heterocycles. The van der Waals surface area contributed by atoms with Gasteiger partial charge in [-0.2, -0.15) is 0 Å². The smallest absolute Gasteiger partial charge is 0.248 e. The van der Waals surface area contributed by atoms with E-state index in [-0.39, 0.29) is 43.5 Å². The molecule has 4 rings (SSSR count). The number of halogens is 3. The lowest BCUT2D eigenvalue weighted by Crippen LogP contribution is -2.51. The van der Waals surface area contributed by atoms with E-state index in [0.29, 0.717) is 57.2 Å². The van der Waals surface area contributed by atoms with E-state index < -0.39 is 13.1 Å². The van der Waals surface area contributed by atoms with Gasteiger partial charge in [0, 0.05) is 67.9 Å². The molecular weight excluding hydrogens is 571 g/mol. The van der Waals surface area contributed by atoms with Crippen molar-refractivity contribution < 1.29 is 27.7 Å². The average molecular weight is 610 g/mol. The molecule has 1 saturated carbocycles. The summed E-state index contributed by atoms with van der Waals surface area (Å²) in [6.45, 7) is 6.80. The van der Waals surface area contributed by atoms with E-state index in [4.69, 9.17) is 16.3 Å². The van der Waals surface area contributed by atoms with Crippen LogP contribution in [-0.4, -0.2) is 73.6 Å². The molecule has 0 bridgehead atoms. The normalized spacial score (nSPS) is 18.2. The highest BCUT2D eigenvalue weighted by Gasteiger charge is 2.35. The number of amides is 2. The topological polar surface area (TPSA) is 79.0 Å². The molecule has 0 unspecified atom stereocenters. The molecule has 1 heterocycles. The quantitative estimate of drug-likeness (QED) is 0.377. The van der Waals surface area contributed by atoms with Gasteiger partial charge >= 0.3 is 0 Å². The number of hydrogen-bond acceptors (Lipinski definition) is 5. The highest BCUT2D eigenvalue weighted by molar-refractivity contribution is 7.70. The van der Waals surface area contributed by atoms with Crippen molar-refractivity contribution in [3.63, 3.8) is 0 Å². The van der Waals surface area contributed by atoms with E-state index in [1.54, 1.807) is 24.3 Å². The highest BCUT2D eigenvalue weighted by atomic mass is 35.5. The number of nitrogens with zero attached hydrogens (tertiary/aromatic N) is 2. The number of alkyl halides is 2. The molecule has 7 nitrogen and oxygen atoms in total. The Labute approximate surface area is 245 Å². The number of benzene rings is 2. The van der Waals surface area contributed by atoms with Crippen molar-refractivity contribution in [1.29, 1.82) is 0 Å². The van der Waals surface area contributed by atoms with Gasteiger partial charge in [0.1, 0.15) is 19.5 Å². The summed E-state index contributed by atoms with van der Waals surface area (Å²) in [5, 5.41) is 4.13. The molecule has 2 aromatic carbocycles. The average Bonchev–Trinajstić information content (AvgIpc) is 2.92. The molecule has 224 valence electrons. The Hall–Kier alpha value is -2.48. The third-order valence-electron chi connectivity index (χ3n) is 7.84. The Balaban J connectivity index is 1.22. The summed E-state index contributed by atoms with van der Waals surface area (Å²) in [5.74, 6) is -2.33. The molecule has 2 fully saturated rings. The maximum absolute atomic E-state index is 13.3. The fraction of sp³-hybridized carbons (Fsp3) is 0.533. The van der Waals surface area contributed by atoms with Gasteiger partial charge in [0.15, 0.2) is 0 Å². The molecule has 1 aliphatic carbocycles. The zero-order chi connectivity index (χ0) is 29.6. The standard InChI is InChI=1S/C30H39ClF2N3O4P/c1-41(2,39)26-6-3-23(4-7-26)21-40-27-8-5-25(31)18-24(27)20-35-13-15-36(16-14-35)29(38)19-34-28(37)17-22-9-11-30(32,33)12-10-22/h3-8,18,22H,9-17,19-21H2,1-2H3,(H,34,37). The minimum Gasteiger partial charge on any atom is -0.489 e. The summed E-state index contributed by atoms with van der Waals surface area (Å²) in [7, 11) is -2.30. The second-order valence-electron chi connectivity index (χ2n) is 11.5. The van der Waals surface area contributed by atoms with Gasteiger partial charge in [0.25, 0.3) is 0 Å². The minimum absolute atomic E-state index is 0.0494. The first-order chi connectivity index (χ1) is 19.4. The van der Waals surface area contributed by atoms with Crippen molar-refractivity contribution in [2.45, 2.75) is 51.2 Å². The van der Waals surface area contributed by atoms with Gasteiger partial charge in [-0.05, 0) is 55.9 Å². The highest BCUT2D eigenvalue weighted by Crippen LogP contribution is 2.37. The summed E-state index contributed by atoms with van der Waals surface area (Å²) in [6.07, 6.45) is 0.517. The predicted octanol–water partition coefficient (Wildman–Crippen LogP) is 5.14. The predicted molar refractivity (Wildman–Crippen MR) is 158 cm³/mol. The van der Waals surface area contributed by atoms with Crippen molar-refractivity contribution in [3.05, 3.63) is 58.6 Å². The molecular formula is C30H39ClF2N3O4P. The van der Waals surface area contributed by atoms with Gasteiger partial charge in [-0.25, -0.2) is 8.78 Å². The third-order valence-corrected chi connectivity index (χ3v) is 9.62. The second kappa shape index (κ2) is 13.7. The minimum atomic E-state index is -2.61. The maximum atomic E-state index is 13.3. The van der Waals surface area contributed by atoms with E-state index >= 15 is 0 Å². The first-order valence-electron chi connectivity index (χ1n) is 14.1. The molecule has 41 heavy (non-hydrogen) atoms. The Morgan fingerprint density at radius 3 is 2.34 bits per heavy atom. The van der Waals surface area contributed by atoms with Gasteiger partial charge < -0.3 is 19.5 Å². The number of ether oxygens (including phenoxy) is 1. The van der Waals surface area contributed by atoms with E-state index in [1.807, 2.05) is 36.4 Å². The second-order valence-corrected chi connectivity index (χ2v) is 15.1. The largest absolute Gasteiger partial charge is 0.489 e. The zero-order valence-corrected chi connectivity index (χ0v) is 25.4. The van der Waals surface area contributed by atoms with Crippen LogP contribution >= 0.6 is 18.7 Å². The van der Waals surface area contributed by atoms with Crippen LogP contribution in [0, 0.1) is 5.92 Å². The van der Waals surface area contributed by atoms with E-state index in [1.165, 1.54) is 0 Å². The Kier molecular flexibility index (Phi) is 10.5. The summed E-state index contributed by atoms with van der Waals surface area (Å²) >= 11 is 6.29. The monoisotopic (exact) mass is 609 g/mol. The molecule has 0 atom stereocenters. The number of nitrogens with one attached hydrogen (secondary N) is 1. The molecule has 1 aliphatic heterocycles. The van der Waals surface area contributed by atoms with Crippen molar-refractivity contribution in [2.75, 3.05) is 46.1 Å². The number of carbonyl (C=O) groups is 2. The van der Waals surface area contributed by atoms with Crippen molar-refractivity contribution in [2.24, 2.45) is 5.92 Å². The van der Waals surface area contributed by atoms with Crippen LogP contribution in [0.2, 0.25) is 5.02 Å². The van der Waals surface area contributed by atoms with Gasteiger partial charge in [0.05, 0.1) is 6.54 Å². The van der Waals surface area contributed by atoms with Crippen LogP contribution in [0.25, 0.3) is 0 Å². The Morgan fingerprint density at radius 2 is 1.71 bits per heavy atom. The zero-order valence-electron chi connectivity index (χ0n) is 23.7. The van der Waals surface area contributed by atoms with Gasteiger partial charge in [-0.1, -0.05) is 35.9 Å². The molecule has 0 aromatic heterocycles.